The number of hydrogen-bond acceptors (Lipinski definition) is 2. The molecule has 202 valence electrons. The fourth-order valence-electron chi connectivity index (χ4n) is 6.75. The highest BCUT2D eigenvalue weighted by atomic mass is 15.1. The first-order valence-corrected chi connectivity index (χ1v) is 14.8. The van der Waals surface area contributed by atoms with Crippen LogP contribution in [0.3, 0.4) is 0 Å². The van der Waals surface area contributed by atoms with Gasteiger partial charge in [0.1, 0.15) is 0 Å². The van der Waals surface area contributed by atoms with E-state index in [1.807, 2.05) is 24.3 Å². The molecule has 2 nitrogen and oxygen atoms in total. The summed E-state index contributed by atoms with van der Waals surface area (Å²) >= 11 is 0. The quantitative estimate of drug-likeness (QED) is 0.214. The summed E-state index contributed by atoms with van der Waals surface area (Å²) in [6, 6.07) is 47.7. The van der Waals surface area contributed by atoms with E-state index < -0.39 is 0 Å². The molecule has 0 aromatic heterocycles. The molecule has 2 heteroatoms. The average molecular weight is 549 g/mol. The standard InChI is InChI=1S/C41H28N2/c42-27-30-10-4-5-15-34(30)29-11-8-14-33(26-29)43(31-12-2-1-3-13-31)32-22-20-28(21-23-32)35-24-25-40-37-17-7-6-16-36(37)39-19-9-18-38(35)41(39)40/h1-2,4-12,14-26H,3,13H2. The maximum absolute atomic E-state index is 9.73. The lowest BCUT2D eigenvalue weighted by Crippen LogP contribution is -2.17. The molecule has 0 spiro atoms. The van der Waals surface area contributed by atoms with Crippen LogP contribution in [0.5, 0.6) is 0 Å². The monoisotopic (exact) mass is 548 g/mol. The van der Waals surface area contributed by atoms with Crippen molar-refractivity contribution in [2.45, 2.75) is 12.8 Å². The average Bonchev–Trinajstić information content (AvgIpc) is 3.41. The van der Waals surface area contributed by atoms with Crippen LogP contribution in [0.15, 0.2) is 151 Å². The van der Waals surface area contributed by atoms with E-state index in [2.05, 4.69) is 132 Å². The second-order valence-corrected chi connectivity index (χ2v) is 11.1. The Morgan fingerprint density at radius 1 is 0.558 bits per heavy atom. The fraction of sp³-hybridized carbons (Fsp3) is 0.0488. The summed E-state index contributed by atoms with van der Waals surface area (Å²) in [7, 11) is 0. The Morgan fingerprint density at radius 2 is 1.26 bits per heavy atom. The SMILES string of the molecule is N#Cc1ccccc1-c1cccc(N(C2=CC=CCC2)c2ccc(-c3ccc4c5c(cccc35)-c3ccccc3-4)cc2)c1. The van der Waals surface area contributed by atoms with Crippen LogP contribution in [0.25, 0.3) is 55.3 Å². The van der Waals surface area contributed by atoms with Crippen molar-refractivity contribution in [3.63, 3.8) is 0 Å². The van der Waals surface area contributed by atoms with Crippen LogP contribution >= 0.6 is 0 Å². The number of fused-ring (bicyclic) bond motifs is 3. The van der Waals surface area contributed by atoms with E-state index in [0.717, 1.165) is 35.3 Å². The zero-order valence-corrected chi connectivity index (χ0v) is 23.7. The Kier molecular flexibility index (Phi) is 6.02. The Morgan fingerprint density at radius 3 is 2.02 bits per heavy atom. The third-order valence-electron chi connectivity index (χ3n) is 8.73. The van der Waals surface area contributed by atoms with Crippen LogP contribution in [0, 0.1) is 11.3 Å². The van der Waals surface area contributed by atoms with Gasteiger partial charge in [0.15, 0.2) is 0 Å². The first kappa shape index (κ1) is 25.1. The lowest BCUT2D eigenvalue weighted by molar-refractivity contribution is 0.918. The maximum atomic E-state index is 9.73. The van der Waals surface area contributed by atoms with Crippen LogP contribution in [0.4, 0.5) is 11.4 Å². The highest BCUT2D eigenvalue weighted by Crippen LogP contribution is 2.49. The molecule has 0 saturated carbocycles. The Labute approximate surface area is 252 Å². The topological polar surface area (TPSA) is 27.0 Å². The number of nitriles is 1. The number of allylic oxidation sites excluding steroid dienone is 4. The summed E-state index contributed by atoms with van der Waals surface area (Å²) in [5.41, 5.74) is 13.9. The summed E-state index contributed by atoms with van der Waals surface area (Å²) in [6.45, 7) is 0. The molecule has 0 fully saturated rings. The largest absolute Gasteiger partial charge is 0.314 e. The van der Waals surface area contributed by atoms with Gasteiger partial charge in [0, 0.05) is 17.1 Å². The van der Waals surface area contributed by atoms with Crippen molar-refractivity contribution in [1.82, 2.24) is 0 Å². The molecule has 0 heterocycles. The molecule has 6 aromatic rings. The number of nitrogens with zero attached hydrogens (tertiary/aromatic N) is 2. The molecular formula is C41H28N2. The van der Waals surface area contributed by atoms with Gasteiger partial charge in [-0.2, -0.15) is 5.26 Å². The number of benzene rings is 6. The molecule has 0 amide bonds. The summed E-state index contributed by atoms with van der Waals surface area (Å²) in [4.78, 5) is 2.36. The third-order valence-corrected chi connectivity index (χ3v) is 8.73. The maximum Gasteiger partial charge on any atom is 0.0998 e. The predicted octanol–water partition coefficient (Wildman–Crippen LogP) is 11.1. The van der Waals surface area contributed by atoms with Crippen molar-refractivity contribution in [3.05, 3.63) is 157 Å². The van der Waals surface area contributed by atoms with E-state index in [1.165, 1.54) is 49.9 Å². The van der Waals surface area contributed by atoms with Crippen LogP contribution in [0.2, 0.25) is 0 Å². The molecule has 43 heavy (non-hydrogen) atoms. The minimum absolute atomic E-state index is 0.684. The normalized spacial score (nSPS) is 13.0. The third kappa shape index (κ3) is 4.18. The molecule has 2 aliphatic carbocycles. The molecular weight excluding hydrogens is 520 g/mol. The number of rotatable bonds is 5. The summed E-state index contributed by atoms with van der Waals surface area (Å²) in [6.07, 6.45) is 8.57. The van der Waals surface area contributed by atoms with E-state index in [1.54, 1.807) is 0 Å². The van der Waals surface area contributed by atoms with Gasteiger partial charge in [-0.1, -0.05) is 109 Å². The van der Waals surface area contributed by atoms with Crippen molar-refractivity contribution in [2.75, 3.05) is 4.90 Å². The van der Waals surface area contributed by atoms with Gasteiger partial charge < -0.3 is 4.90 Å². The van der Waals surface area contributed by atoms with Crippen molar-refractivity contribution in [1.29, 1.82) is 5.26 Å². The smallest absolute Gasteiger partial charge is 0.0998 e. The van der Waals surface area contributed by atoms with E-state index in [0.29, 0.717) is 5.56 Å². The van der Waals surface area contributed by atoms with E-state index in [4.69, 9.17) is 0 Å². The molecule has 0 saturated heterocycles. The van der Waals surface area contributed by atoms with Crippen molar-refractivity contribution >= 4 is 22.1 Å². The second-order valence-electron chi connectivity index (χ2n) is 11.1. The summed E-state index contributed by atoms with van der Waals surface area (Å²) in [5, 5.41) is 12.4. The van der Waals surface area contributed by atoms with Gasteiger partial charge in [0.25, 0.3) is 0 Å². The Hall–Kier alpha value is -5.65. The van der Waals surface area contributed by atoms with Gasteiger partial charge >= 0.3 is 0 Å². The van der Waals surface area contributed by atoms with Gasteiger partial charge in [0.05, 0.1) is 11.6 Å². The van der Waals surface area contributed by atoms with Gasteiger partial charge in [0.2, 0.25) is 0 Å². The molecule has 0 bridgehead atoms. The van der Waals surface area contributed by atoms with Crippen LogP contribution in [0.1, 0.15) is 18.4 Å². The Bertz CT molecular complexity index is 2110. The van der Waals surface area contributed by atoms with Gasteiger partial charge in [-0.05, 0) is 105 Å². The van der Waals surface area contributed by atoms with Crippen LogP contribution in [-0.2, 0) is 0 Å². The lowest BCUT2D eigenvalue weighted by Gasteiger charge is -2.29. The molecule has 2 aliphatic rings. The minimum Gasteiger partial charge on any atom is -0.314 e. The second kappa shape index (κ2) is 10.3. The Balaban J connectivity index is 1.22. The molecule has 0 atom stereocenters. The van der Waals surface area contributed by atoms with Gasteiger partial charge in [-0.3, -0.25) is 0 Å². The number of hydrogen-bond donors (Lipinski definition) is 0. The first-order valence-electron chi connectivity index (χ1n) is 14.8. The highest BCUT2D eigenvalue weighted by molar-refractivity contribution is 6.18. The predicted molar refractivity (Wildman–Crippen MR) is 179 cm³/mol. The van der Waals surface area contributed by atoms with Crippen molar-refractivity contribution in [3.8, 4) is 50.6 Å². The fourth-order valence-corrected chi connectivity index (χ4v) is 6.75. The van der Waals surface area contributed by atoms with Gasteiger partial charge in [-0.15, -0.1) is 0 Å². The van der Waals surface area contributed by atoms with Crippen molar-refractivity contribution < 1.29 is 0 Å². The van der Waals surface area contributed by atoms with E-state index in [9.17, 15) is 5.26 Å². The minimum atomic E-state index is 0.684. The zero-order valence-electron chi connectivity index (χ0n) is 23.7. The summed E-state index contributed by atoms with van der Waals surface area (Å²) < 4.78 is 0. The van der Waals surface area contributed by atoms with Crippen LogP contribution in [-0.4, -0.2) is 0 Å². The molecule has 0 unspecified atom stereocenters. The highest BCUT2D eigenvalue weighted by Gasteiger charge is 2.22. The van der Waals surface area contributed by atoms with E-state index >= 15 is 0 Å². The number of anilines is 2. The van der Waals surface area contributed by atoms with Crippen molar-refractivity contribution in [2.24, 2.45) is 0 Å². The molecule has 6 aromatic carbocycles. The molecule has 0 N–H and O–H groups in total. The molecule has 0 aliphatic heterocycles. The molecule has 0 radical (unpaired) electrons. The van der Waals surface area contributed by atoms with Gasteiger partial charge in [-0.25, -0.2) is 0 Å². The first-order chi connectivity index (χ1) is 21.3. The van der Waals surface area contributed by atoms with Crippen LogP contribution < -0.4 is 4.90 Å². The lowest BCUT2D eigenvalue weighted by atomic mass is 9.94. The zero-order chi connectivity index (χ0) is 28.8. The van der Waals surface area contributed by atoms with E-state index in [-0.39, 0.29) is 0 Å². The molecule has 8 rings (SSSR count). The summed E-state index contributed by atoms with van der Waals surface area (Å²) in [5.74, 6) is 0.